The van der Waals surface area contributed by atoms with Crippen LogP contribution in [0, 0.1) is 0 Å². The molecule has 0 N–H and O–H groups in total. The Hall–Kier alpha value is -0.120. The van der Waals surface area contributed by atoms with Gasteiger partial charge in [-0.05, 0) is 20.0 Å². The number of rotatable bonds is 9. The summed E-state index contributed by atoms with van der Waals surface area (Å²) in [6.07, 6.45) is 0. The van der Waals surface area contributed by atoms with Gasteiger partial charge in [-0.2, -0.15) is 0 Å². The Labute approximate surface area is 82.0 Å². The number of nitrogens with zero attached hydrogens (tertiary/aromatic N) is 1. The van der Waals surface area contributed by atoms with E-state index in [0.717, 1.165) is 46.1 Å². The van der Waals surface area contributed by atoms with Crippen LogP contribution >= 0.6 is 0 Å². The fraction of sp³-hybridized carbons (Fsp3) is 1.00. The van der Waals surface area contributed by atoms with Crippen LogP contribution in [0.2, 0.25) is 0 Å². The van der Waals surface area contributed by atoms with E-state index in [4.69, 9.17) is 9.47 Å². The van der Waals surface area contributed by atoms with Crippen molar-refractivity contribution < 1.29 is 9.47 Å². The SMILES string of the molecule is CCOCCOCCN(CC)CC. The molecular formula is C10H23NO2. The molecule has 0 aliphatic heterocycles. The van der Waals surface area contributed by atoms with Crippen molar-refractivity contribution in [2.24, 2.45) is 0 Å². The molecule has 0 heterocycles. The van der Waals surface area contributed by atoms with E-state index in [-0.39, 0.29) is 0 Å². The zero-order valence-electron chi connectivity index (χ0n) is 9.21. The molecule has 0 radical (unpaired) electrons. The Morgan fingerprint density at radius 3 is 2.00 bits per heavy atom. The van der Waals surface area contributed by atoms with E-state index in [2.05, 4.69) is 18.7 Å². The summed E-state index contributed by atoms with van der Waals surface area (Å²) in [5.74, 6) is 0. The normalized spacial score (nSPS) is 11.1. The second-order valence-corrected chi connectivity index (χ2v) is 2.84. The standard InChI is InChI=1S/C10H23NO2/c1-4-11(5-2)7-8-13-10-9-12-6-3/h4-10H2,1-3H3. The maximum absolute atomic E-state index is 5.40. The second kappa shape index (κ2) is 9.96. The Kier molecular flexibility index (Phi) is 9.87. The van der Waals surface area contributed by atoms with E-state index in [1.165, 1.54) is 0 Å². The van der Waals surface area contributed by atoms with Crippen molar-refractivity contribution in [3.63, 3.8) is 0 Å². The molecule has 80 valence electrons. The van der Waals surface area contributed by atoms with E-state index in [0.29, 0.717) is 0 Å². The molecule has 0 bridgehead atoms. The third-order valence-electron chi connectivity index (χ3n) is 2.02. The van der Waals surface area contributed by atoms with E-state index in [1.54, 1.807) is 0 Å². The first-order valence-electron chi connectivity index (χ1n) is 5.22. The average molecular weight is 189 g/mol. The van der Waals surface area contributed by atoms with Gasteiger partial charge in [-0.15, -0.1) is 0 Å². The highest BCUT2D eigenvalue weighted by Gasteiger charge is 1.97. The van der Waals surface area contributed by atoms with Crippen molar-refractivity contribution in [2.75, 3.05) is 46.1 Å². The van der Waals surface area contributed by atoms with Crippen LogP contribution in [-0.4, -0.2) is 51.0 Å². The molecular weight excluding hydrogens is 166 g/mol. The van der Waals surface area contributed by atoms with Gasteiger partial charge in [0.1, 0.15) is 0 Å². The molecule has 0 unspecified atom stereocenters. The van der Waals surface area contributed by atoms with E-state index >= 15 is 0 Å². The molecule has 0 rings (SSSR count). The van der Waals surface area contributed by atoms with Crippen molar-refractivity contribution in [1.82, 2.24) is 4.90 Å². The molecule has 0 saturated carbocycles. The van der Waals surface area contributed by atoms with E-state index in [9.17, 15) is 0 Å². The molecule has 0 aliphatic rings. The Balaban J connectivity index is 3.05. The zero-order valence-corrected chi connectivity index (χ0v) is 9.21. The van der Waals surface area contributed by atoms with Crippen LogP contribution in [0.5, 0.6) is 0 Å². The number of likely N-dealkylation sites (N-methyl/N-ethyl adjacent to an activating group) is 1. The minimum absolute atomic E-state index is 0.717. The first-order chi connectivity index (χ1) is 6.35. The molecule has 0 aromatic rings. The van der Waals surface area contributed by atoms with Gasteiger partial charge in [-0.3, -0.25) is 0 Å². The fourth-order valence-corrected chi connectivity index (χ4v) is 1.10. The van der Waals surface area contributed by atoms with Crippen LogP contribution < -0.4 is 0 Å². The fourth-order valence-electron chi connectivity index (χ4n) is 1.10. The molecule has 0 fully saturated rings. The first kappa shape index (κ1) is 12.9. The lowest BCUT2D eigenvalue weighted by atomic mass is 10.5. The summed E-state index contributed by atoms with van der Waals surface area (Å²) in [4.78, 5) is 2.35. The van der Waals surface area contributed by atoms with Crippen LogP contribution in [0.4, 0.5) is 0 Å². The predicted molar refractivity (Wildman–Crippen MR) is 55.1 cm³/mol. The predicted octanol–water partition coefficient (Wildman–Crippen LogP) is 1.38. The minimum atomic E-state index is 0.717. The molecule has 0 aliphatic carbocycles. The Bertz CT molecular complexity index is 94.9. The second-order valence-electron chi connectivity index (χ2n) is 2.84. The molecule has 0 aromatic heterocycles. The highest BCUT2D eigenvalue weighted by atomic mass is 16.5. The maximum atomic E-state index is 5.40. The lowest BCUT2D eigenvalue weighted by Gasteiger charge is -2.17. The summed E-state index contributed by atoms with van der Waals surface area (Å²) < 4.78 is 10.6. The van der Waals surface area contributed by atoms with Gasteiger partial charge in [-0.1, -0.05) is 13.8 Å². The molecule has 0 atom stereocenters. The molecule has 0 aromatic carbocycles. The van der Waals surface area contributed by atoms with Crippen molar-refractivity contribution >= 4 is 0 Å². The highest BCUT2D eigenvalue weighted by molar-refractivity contribution is 4.49. The Morgan fingerprint density at radius 2 is 1.46 bits per heavy atom. The van der Waals surface area contributed by atoms with Crippen LogP contribution in [0.15, 0.2) is 0 Å². The highest BCUT2D eigenvalue weighted by Crippen LogP contribution is 1.87. The average Bonchev–Trinajstić information content (AvgIpc) is 2.17. The van der Waals surface area contributed by atoms with Crippen LogP contribution in [0.25, 0.3) is 0 Å². The maximum Gasteiger partial charge on any atom is 0.0701 e. The lowest BCUT2D eigenvalue weighted by Crippen LogP contribution is -2.27. The van der Waals surface area contributed by atoms with Gasteiger partial charge in [0.15, 0.2) is 0 Å². The molecule has 0 amide bonds. The van der Waals surface area contributed by atoms with Crippen molar-refractivity contribution in [1.29, 1.82) is 0 Å². The first-order valence-corrected chi connectivity index (χ1v) is 5.22. The zero-order chi connectivity index (χ0) is 9.94. The molecule has 13 heavy (non-hydrogen) atoms. The largest absolute Gasteiger partial charge is 0.379 e. The summed E-state index contributed by atoms with van der Waals surface area (Å²) in [6, 6.07) is 0. The summed E-state index contributed by atoms with van der Waals surface area (Å²) in [6.45, 7) is 12.6. The van der Waals surface area contributed by atoms with E-state index < -0.39 is 0 Å². The number of ether oxygens (including phenoxy) is 2. The summed E-state index contributed by atoms with van der Waals surface area (Å²) in [7, 11) is 0. The van der Waals surface area contributed by atoms with Crippen molar-refractivity contribution in [2.45, 2.75) is 20.8 Å². The van der Waals surface area contributed by atoms with Crippen LogP contribution in [0.3, 0.4) is 0 Å². The molecule has 0 spiro atoms. The van der Waals surface area contributed by atoms with Gasteiger partial charge in [-0.25, -0.2) is 0 Å². The Morgan fingerprint density at radius 1 is 0.846 bits per heavy atom. The van der Waals surface area contributed by atoms with Gasteiger partial charge in [0.25, 0.3) is 0 Å². The monoisotopic (exact) mass is 189 g/mol. The van der Waals surface area contributed by atoms with Gasteiger partial charge in [0, 0.05) is 13.2 Å². The van der Waals surface area contributed by atoms with E-state index in [1.807, 2.05) is 6.92 Å². The van der Waals surface area contributed by atoms with Gasteiger partial charge in [0.2, 0.25) is 0 Å². The molecule has 3 nitrogen and oxygen atoms in total. The third kappa shape index (κ3) is 8.22. The van der Waals surface area contributed by atoms with Crippen LogP contribution in [0.1, 0.15) is 20.8 Å². The minimum Gasteiger partial charge on any atom is -0.379 e. The topological polar surface area (TPSA) is 21.7 Å². The van der Waals surface area contributed by atoms with Gasteiger partial charge in [0.05, 0.1) is 19.8 Å². The smallest absolute Gasteiger partial charge is 0.0701 e. The number of hydrogen-bond donors (Lipinski definition) is 0. The van der Waals surface area contributed by atoms with Crippen molar-refractivity contribution in [3.8, 4) is 0 Å². The summed E-state index contributed by atoms with van der Waals surface area (Å²) in [5.41, 5.74) is 0. The van der Waals surface area contributed by atoms with Gasteiger partial charge < -0.3 is 14.4 Å². The molecule has 0 saturated heterocycles. The molecule has 3 heteroatoms. The van der Waals surface area contributed by atoms with Crippen LogP contribution in [-0.2, 0) is 9.47 Å². The third-order valence-corrected chi connectivity index (χ3v) is 2.02. The quantitative estimate of drug-likeness (QED) is 0.511. The number of hydrogen-bond acceptors (Lipinski definition) is 3. The summed E-state index contributed by atoms with van der Waals surface area (Å²) >= 11 is 0. The summed E-state index contributed by atoms with van der Waals surface area (Å²) in [5, 5.41) is 0. The lowest BCUT2D eigenvalue weighted by molar-refractivity contribution is 0.0439. The van der Waals surface area contributed by atoms with Crippen molar-refractivity contribution in [3.05, 3.63) is 0 Å². The van der Waals surface area contributed by atoms with Gasteiger partial charge >= 0.3 is 0 Å².